The summed E-state index contributed by atoms with van der Waals surface area (Å²) in [6.07, 6.45) is 1.58. The molecule has 1 unspecified atom stereocenters. The molecule has 1 aromatic carbocycles. The predicted octanol–water partition coefficient (Wildman–Crippen LogP) is 1.51. The van der Waals surface area contributed by atoms with Crippen LogP contribution in [0.4, 0.5) is 8.78 Å². The van der Waals surface area contributed by atoms with Gasteiger partial charge >= 0.3 is 0 Å². The van der Waals surface area contributed by atoms with Gasteiger partial charge in [0.25, 0.3) is 0 Å². The lowest BCUT2D eigenvalue weighted by molar-refractivity contribution is 0.506. The molecule has 0 amide bonds. The monoisotopic (exact) mass is 248 g/mol. The van der Waals surface area contributed by atoms with Crippen LogP contribution in [0.2, 0.25) is 0 Å². The summed E-state index contributed by atoms with van der Waals surface area (Å²) in [6.45, 7) is 0. The van der Waals surface area contributed by atoms with E-state index < -0.39 is 27.4 Å². The second kappa shape index (κ2) is 4.88. The summed E-state index contributed by atoms with van der Waals surface area (Å²) in [5, 5.41) is 0. The molecule has 0 saturated carbocycles. The average molecular weight is 248 g/mol. The first-order valence-corrected chi connectivity index (χ1v) is 6.82. The molecule has 90 valence electrons. The molecule has 2 atom stereocenters. The van der Waals surface area contributed by atoms with Gasteiger partial charge in [0.2, 0.25) is 0 Å². The Balaban J connectivity index is 2.70. The van der Waals surface area contributed by atoms with Gasteiger partial charge in [-0.3, -0.25) is 8.99 Å². The van der Waals surface area contributed by atoms with Crippen molar-refractivity contribution in [1.29, 1.82) is 4.78 Å². The number of benzene rings is 1. The van der Waals surface area contributed by atoms with E-state index in [1.807, 2.05) is 0 Å². The lowest BCUT2D eigenvalue weighted by atomic mass is 10.1. The van der Waals surface area contributed by atoms with Gasteiger partial charge in [0, 0.05) is 27.8 Å². The molecule has 1 aromatic rings. The van der Waals surface area contributed by atoms with Crippen molar-refractivity contribution in [3.63, 3.8) is 0 Å². The summed E-state index contributed by atoms with van der Waals surface area (Å²) in [6, 6.07) is 3.04. The smallest absolute Gasteiger partial charge is 0.159 e. The summed E-state index contributed by atoms with van der Waals surface area (Å²) in [4.78, 5) is 0. The van der Waals surface area contributed by atoms with E-state index in [4.69, 9.17) is 10.5 Å². The molecule has 0 radical (unpaired) electrons. The molecule has 0 fully saturated rings. The maximum Gasteiger partial charge on any atom is 0.159 e. The van der Waals surface area contributed by atoms with Gasteiger partial charge in [-0.2, -0.15) is 0 Å². The zero-order valence-corrected chi connectivity index (χ0v) is 9.69. The minimum atomic E-state index is -2.65. The first kappa shape index (κ1) is 13.1. The molecule has 3 N–H and O–H groups in total. The lowest BCUT2D eigenvalue weighted by Crippen LogP contribution is -2.30. The second-order valence-corrected chi connectivity index (χ2v) is 6.23. The highest BCUT2D eigenvalue weighted by Gasteiger charge is 2.10. The predicted molar refractivity (Wildman–Crippen MR) is 59.7 cm³/mol. The van der Waals surface area contributed by atoms with Crippen molar-refractivity contribution in [2.24, 2.45) is 5.73 Å². The van der Waals surface area contributed by atoms with Gasteiger partial charge < -0.3 is 5.73 Å². The van der Waals surface area contributed by atoms with Crippen molar-refractivity contribution >= 4 is 9.73 Å². The Kier molecular flexibility index (Phi) is 3.98. The van der Waals surface area contributed by atoms with Crippen LogP contribution in [-0.2, 0) is 16.1 Å². The molecule has 0 aliphatic carbocycles. The van der Waals surface area contributed by atoms with E-state index >= 15 is 0 Å². The number of nitrogens with one attached hydrogen (secondary N) is 1. The molecule has 0 aromatic heterocycles. The molecule has 0 heterocycles. The Morgan fingerprint density at radius 2 is 2.06 bits per heavy atom. The van der Waals surface area contributed by atoms with Crippen LogP contribution in [0.3, 0.4) is 0 Å². The molecular formula is C10H14F2N2OS. The van der Waals surface area contributed by atoms with E-state index in [0.29, 0.717) is 5.56 Å². The maximum absolute atomic E-state index is 12.9. The van der Waals surface area contributed by atoms with Crippen LogP contribution in [0, 0.1) is 16.4 Å². The normalized spacial score (nSPS) is 16.8. The Morgan fingerprint density at radius 3 is 2.56 bits per heavy atom. The Hall–Kier alpha value is -1.01. The van der Waals surface area contributed by atoms with Gasteiger partial charge in [0.1, 0.15) is 0 Å². The third-order valence-corrected chi connectivity index (χ3v) is 3.08. The molecule has 0 aliphatic rings. The van der Waals surface area contributed by atoms with E-state index in [0.717, 1.165) is 12.1 Å². The maximum atomic E-state index is 12.9. The van der Waals surface area contributed by atoms with Gasteiger partial charge in [-0.25, -0.2) is 8.78 Å². The molecule has 0 spiro atoms. The van der Waals surface area contributed by atoms with Crippen LogP contribution in [0.15, 0.2) is 18.2 Å². The fourth-order valence-corrected chi connectivity index (χ4v) is 2.37. The average Bonchev–Trinajstić information content (AvgIpc) is 2.08. The molecule has 0 aliphatic heterocycles. The molecule has 0 saturated heterocycles. The standard InChI is InChI=1S/C10H14F2N2OS/c1-16(14,15)6-8(13)4-7-2-3-9(11)10(12)5-7/h2-3,5,8,14H,4,6,13H2,1H3/t8-,16?/m1/s1. The Morgan fingerprint density at radius 1 is 1.44 bits per heavy atom. The zero-order valence-electron chi connectivity index (χ0n) is 8.87. The fraction of sp³-hybridized carbons (Fsp3) is 0.400. The SMILES string of the molecule is CS(=N)(=O)C[C@H](N)Cc1ccc(F)c(F)c1. The van der Waals surface area contributed by atoms with Crippen molar-refractivity contribution in [2.75, 3.05) is 12.0 Å². The van der Waals surface area contributed by atoms with Gasteiger partial charge in [0.05, 0.1) is 0 Å². The van der Waals surface area contributed by atoms with Crippen LogP contribution in [0.1, 0.15) is 5.56 Å². The Bertz CT molecular complexity index is 474. The first-order chi connectivity index (χ1) is 7.28. The summed E-state index contributed by atoms with van der Waals surface area (Å²) in [5.41, 5.74) is 6.20. The highest BCUT2D eigenvalue weighted by Crippen LogP contribution is 2.10. The Labute approximate surface area is 93.6 Å². The third-order valence-electron chi connectivity index (χ3n) is 2.01. The highest BCUT2D eigenvalue weighted by atomic mass is 32.2. The topological polar surface area (TPSA) is 66.9 Å². The molecule has 3 nitrogen and oxygen atoms in total. The van der Waals surface area contributed by atoms with Gasteiger partial charge in [-0.15, -0.1) is 0 Å². The van der Waals surface area contributed by atoms with E-state index in [2.05, 4.69) is 0 Å². The van der Waals surface area contributed by atoms with Gasteiger partial charge in [-0.05, 0) is 24.1 Å². The third kappa shape index (κ3) is 4.24. The van der Waals surface area contributed by atoms with Crippen molar-refractivity contribution in [3.05, 3.63) is 35.4 Å². The molecular weight excluding hydrogens is 234 g/mol. The summed E-state index contributed by atoms with van der Waals surface area (Å²) in [7, 11) is -2.65. The summed E-state index contributed by atoms with van der Waals surface area (Å²) < 4.78 is 43.9. The van der Waals surface area contributed by atoms with E-state index in [1.165, 1.54) is 12.3 Å². The van der Waals surface area contributed by atoms with Crippen molar-refractivity contribution in [3.8, 4) is 0 Å². The zero-order chi connectivity index (χ0) is 12.3. The van der Waals surface area contributed by atoms with Crippen molar-refractivity contribution < 1.29 is 13.0 Å². The van der Waals surface area contributed by atoms with Crippen molar-refractivity contribution in [1.82, 2.24) is 0 Å². The molecule has 0 bridgehead atoms. The summed E-state index contributed by atoms with van der Waals surface area (Å²) >= 11 is 0. The molecule has 1 rings (SSSR count). The fourth-order valence-electron chi connectivity index (χ4n) is 1.44. The van der Waals surface area contributed by atoms with Crippen LogP contribution in [-0.4, -0.2) is 22.3 Å². The first-order valence-electron chi connectivity index (χ1n) is 4.69. The number of rotatable bonds is 4. The molecule has 6 heteroatoms. The van der Waals surface area contributed by atoms with Gasteiger partial charge in [-0.1, -0.05) is 6.07 Å². The molecule has 16 heavy (non-hydrogen) atoms. The van der Waals surface area contributed by atoms with Crippen LogP contribution < -0.4 is 5.73 Å². The van der Waals surface area contributed by atoms with E-state index in [9.17, 15) is 13.0 Å². The minimum Gasteiger partial charge on any atom is -0.327 e. The van der Waals surface area contributed by atoms with E-state index in [1.54, 1.807) is 0 Å². The minimum absolute atomic E-state index is 0.0476. The number of hydrogen-bond acceptors (Lipinski definition) is 3. The van der Waals surface area contributed by atoms with Gasteiger partial charge in [0.15, 0.2) is 11.6 Å². The number of hydrogen-bond donors (Lipinski definition) is 2. The second-order valence-electron chi connectivity index (χ2n) is 3.88. The summed E-state index contributed by atoms with van der Waals surface area (Å²) in [5.74, 6) is -1.78. The van der Waals surface area contributed by atoms with E-state index in [-0.39, 0.29) is 12.2 Å². The quantitative estimate of drug-likeness (QED) is 0.848. The number of halogens is 2. The lowest BCUT2D eigenvalue weighted by Gasteiger charge is -2.11. The highest BCUT2D eigenvalue weighted by molar-refractivity contribution is 7.91. The number of nitrogens with two attached hydrogens (primary N) is 1. The van der Waals surface area contributed by atoms with Crippen molar-refractivity contribution in [2.45, 2.75) is 12.5 Å². The van der Waals surface area contributed by atoms with Crippen LogP contribution in [0.25, 0.3) is 0 Å². The van der Waals surface area contributed by atoms with Crippen LogP contribution >= 0.6 is 0 Å². The van der Waals surface area contributed by atoms with Crippen LogP contribution in [0.5, 0.6) is 0 Å². The largest absolute Gasteiger partial charge is 0.327 e.